The third kappa shape index (κ3) is 3.89. The molecule has 25 heavy (non-hydrogen) atoms. The summed E-state index contributed by atoms with van der Waals surface area (Å²) in [7, 11) is -2.72. The molecular weight excluding hydrogens is 351 g/mol. The van der Waals surface area contributed by atoms with Crippen LogP contribution in [0.4, 0.5) is 10.1 Å². The van der Waals surface area contributed by atoms with Crippen LogP contribution in [0.2, 0.25) is 0 Å². The molecule has 0 aromatic heterocycles. The van der Waals surface area contributed by atoms with Crippen LogP contribution in [0, 0.1) is 5.82 Å². The summed E-state index contributed by atoms with van der Waals surface area (Å²) in [6.07, 6.45) is 0. The van der Waals surface area contributed by atoms with Gasteiger partial charge in [-0.15, -0.1) is 0 Å². The van der Waals surface area contributed by atoms with Gasteiger partial charge in [-0.05, 0) is 55.5 Å². The predicted molar refractivity (Wildman–Crippen MR) is 88.5 cm³/mol. The van der Waals surface area contributed by atoms with Crippen LogP contribution >= 0.6 is 0 Å². The molecule has 1 unspecified atom stereocenters. The van der Waals surface area contributed by atoms with Gasteiger partial charge in [0.15, 0.2) is 0 Å². The van der Waals surface area contributed by atoms with Crippen molar-refractivity contribution in [3.63, 3.8) is 0 Å². The number of carbonyl (C=O) groups is 1. The number of methoxy groups -OCH3 is 1. The summed E-state index contributed by atoms with van der Waals surface area (Å²) in [4.78, 5) is 11.7. The highest BCUT2D eigenvalue weighted by Gasteiger charge is 2.33. The number of hydrogen-bond acceptors (Lipinski definition) is 5. The van der Waals surface area contributed by atoms with Gasteiger partial charge in [-0.3, -0.25) is 14.3 Å². The number of halogens is 1. The Morgan fingerprint density at radius 1 is 1.16 bits per heavy atom. The first-order chi connectivity index (χ1) is 11.8. The molecule has 0 saturated carbocycles. The zero-order valence-electron chi connectivity index (χ0n) is 13.5. The first-order valence-corrected chi connectivity index (χ1v) is 8.63. The van der Waals surface area contributed by atoms with Gasteiger partial charge in [0.2, 0.25) is 0 Å². The van der Waals surface area contributed by atoms with E-state index in [4.69, 9.17) is 9.94 Å². The van der Waals surface area contributed by atoms with Crippen molar-refractivity contribution in [2.75, 3.05) is 11.4 Å². The Bertz CT molecular complexity index is 838. The van der Waals surface area contributed by atoms with Gasteiger partial charge in [-0.25, -0.2) is 18.3 Å². The molecular formula is C16H17FN2O5S. The van der Waals surface area contributed by atoms with E-state index in [-0.39, 0.29) is 10.6 Å². The summed E-state index contributed by atoms with van der Waals surface area (Å²) in [5.74, 6) is -1.01. The van der Waals surface area contributed by atoms with E-state index in [2.05, 4.69) is 0 Å². The molecule has 134 valence electrons. The quantitative estimate of drug-likeness (QED) is 0.600. The number of benzene rings is 2. The smallest absolute Gasteiger partial charge is 0.266 e. The van der Waals surface area contributed by atoms with Crippen LogP contribution in [0.15, 0.2) is 53.4 Å². The second-order valence-corrected chi connectivity index (χ2v) is 6.92. The van der Waals surface area contributed by atoms with Gasteiger partial charge in [0.1, 0.15) is 17.6 Å². The summed E-state index contributed by atoms with van der Waals surface area (Å²) < 4.78 is 45.0. The number of hydrogen-bond donors (Lipinski definition) is 2. The van der Waals surface area contributed by atoms with Crippen molar-refractivity contribution in [1.82, 2.24) is 5.48 Å². The first-order valence-electron chi connectivity index (χ1n) is 7.19. The Kier molecular flexibility index (Phi) is 5.60. The van der Waals surface area contributed by atoms with Crippen LogP contribution < -0.4 is 14.5 Å². The number of amides is 1. The third-order valence-electron chi connectivity index (χ3n) is 3.54. The summed E-state index contributed by atoms with van der Waals surface area (Å²) in [5, 5.41) is 8.85. The average molecular weight is 368 g/mol. The molecule has 0 aliphatic heterocycles. The second-order valence-electron chi connectivity index (χ2n) is 5.10. The van der Waals surface area contributed by atoms with Crippen molar-refractivity contribution in [2.24, 2.45) is 0 Å². The van der Waals surface area contributed by atoms with E-state index in [1.807, 2.05) is 0 Å². The largest absolute Gasteiger partial charge is 0.497 e. The van der Waals surface area contributed by atoms with E-state index in [0.717, 1.165) is 16.4 Å². The maximum absolute atomic E-state index is 13.2. The molecule has 0 spiro atoms. The van der Waals surface area contributed by atoms with Crippen LogP contribution in [0.3, 0.4) is 0 Å². The van der Waals surface area contributed by atoms with E-state index in [1.165, 1.54) is 55.9 Å². The van der Waals surface area contributed by atoms with Gasteiger partial charge in [0.25, 0.3) is 15.9 Å². The number of ether oxygens (including phenoxy) is 1. The Hall–Kier alpha value is -2.65. The van der Waals surface area contributed by atoms with Crippen LogP contribution in [-0.4, -0.2) is 32.7 Å². The number of nitrogens with one attached hydrogen (secondary N) is 1. The average Bonchev–Trinajstić information content (AvgIpc) is 2.62. The minimum absolute atomic E-state index is 0.0771. The van der Waals surface area contributed by atoms with E-state index in [0.29, 0.717) is 5.75 Å². The lowest BCUT2D eigenvalue weighted by molar-refractivity contribution is -0.129. The van der Waals surface area contributed by atoms with Gasteiger partial charge < -0.3 is 4.74 Å². The molecule has 1 amide bonds. The van der Waals surface area contributed by atoms with Gasteiger partial charge in [-0.1, -0.05) is 0 Å². The lowest BCUT2D eigenvalue weighted by Crippen LogP contribution is -2.47. The third-order valence-corrected chi connectivity index (χ3v) is 5.45. The Balaban J connectivity index is 2.56. The van der Waals surface area contributed by atoms with Crippen molar-refractivity contribution in [1.29, 1.82) is 0 Å². The number of nitrogens with zero attached hydrogens (tertiary/aromatic N) is 1. The number of sulfonamides is 1. The van der Waals surface area contributed by atoms with Crippen LogP contribution in [-0.2, 0) is 14.8 Å². The van der Waals surface area contributed by atoms with Gasteiger partial charge in [0, 0.05) is 0 Å². The highest BCUT2D eigenvalue weighted by molar-refractivity contribution is 7.92. The van der Waals surface area contributed by atoms with Crippen molar-refractivity contribution in [3.05, 3.63) is 54.3 Å². The fourth-order valence-corrected chi connectivity index (χ4v) is 3.84. The normalized spacial score (nSPS) is 12.3. The molecule has 0 heterocycles. The zero-order chi connectivity index (χ0) is 18.6. The second kappa shape index (κ2) is 7.49. The minimum atomic E-state index is -4.16. The Morgan fingerprint density at radius 2 is 1.72 bits per heavy atom. The fraction of sp³-hybridized carbons (Fsp3) is 0.188. The van der Waals surface area contributed by atoms with Gasteiger partial charge in [0.05, 0.1) is 17.7 Å². The molecule has 1 atom stereocenters. The summed E-state index contributed by atoms with van der Waals surface area (Å²) >= 11 is 0. The predicted octanol–water partition coefficient (Wildman–Crippen LogP) is 1.92. The topological polar surface area (TPSA) is 95.9 Å². The van der Waals surface area contributed by atoms with E-state index < -0.39 is 27.8 Å². The van der Waals surface area contributed by atoms with E-state index >= 15 is 0 Å². The lowest BCUT2D eigenvalue weighted by Gasteiger charge is -2.29. The van der Waals surface area contributed by atoms with Crippen LogP contribution in [0.5, 0.6) is 5.75 Å². The number of hydroxylamine groups is 1. The molecule has 0 bridgehead atoms. The maximum atomic E-state index is 13.2. The van der Waals surface area contributed by atoms with Crippen LogP contribution in [0.1, 0.15) is 6.92 Å². The van der Waals surface area contributed by atoms with Gasteiger partial charge in [-0.2, -0.15) is 0 Å². The van der Waals surface area contributed by atoms with Crippen molar-refractivity contribution >= 4 is 21.6 Å². The molecule has 2 aromatic carbocycles. The number of rotatable bonds is 6. The summed E-state index contributed by atoms with van der Waals surface area (Å²) in [6, 6.07) is 8.93. The Morgan fingerprint density at radius 3 is 2.20 bits per heavy atom. The SMILES string of the molecule is COc1ccc(S(=O)(=O)N(c2ccc(F)cc2)C(C)C(=O)NO)cc1. The molecule has 0 fully saturated rings. The van der Waals surface area contributed by atoms with Crippen molar-refractivity contribution in [3.8, 4) is 5.75 Å². The molecule has 0 aliphatic rings. The molecule has 2 aromatic rings. The molecule has 0 radical (unpaired) electrons. The van der Waals surface area contributed by atoms with Crippen molar-refractivity contribution < 1.29 is 27.5 Å². The molecule has 2 N–H and O–H groups in total. The molecule has 2 rings (SSSR count). The monoisotopic (exact) mass is 368 g/mol. The number of anilines is 1. The van der Waals surface area contributed by atoms with E-state index in [9.17, 15) is 17.6 Å². The number of carbonyl (C=O) groups excluding carboxylic acids is 1. The highest BCUT2D eigenvalue weighted by Crippen LogP contribution is 2.27. The molecule has 0 aliphatic carbocycles. The zero-order valence-corrected chi connectivity index (χ0v) is 14.3. The molecule has 9 heteroatoms. The molecule has 0 saturated heterocycles. The standard InChI is InChI=1S/C16H17FN2O5S/c1-11(16(20)18-21)19(13-5-3-12(17)4-6-13)25(22,23)15-9-7-14(24-2)8-10-15/h3-11,21H,1-2H3,(H,18,20). The minimum Gasteiger partial charge on any atom is -0.497 e. The lowest BCUT2D eigenvalue weighted by atomic mass is 10.2. The first kappa shape index (κ1) is 18.7. The van der Waals surface area contributed by atoms with E-state index in [1.54, 1.807) is 0 Å². The van der Waals surface area contributed by atoms with Gasteiger partial charge >= 0.3 is 0 Å². The summed E-state index contributed by atoms with van der Waals surface area (Å²) in [5.41, 5.74) is 1.51. The maximum Gasteiger partial charge on any atom is 0.266 e. The highest BCUT2D eigenvalue weighted by atomic mass is 32.2. The fourth-order valence-electron chi connectivity index (χ4n) is 2.22. The van der Waals surface area contributed by atoms with Crippen molar-refractivity contribution in [2.45, 2.75) is 17.9 Å². The van der Waals surface area contributed by atoms with Crippen LogP contribution in [0.25, 0.3) is 0 Å². The summed E-state index contributed by atoms with van der Waals surface area (Å²) in [6.45, 7) is 1.30. The molecule has 7 nitrogen and oxygen atoms in total. The Labute approximate surface area is 144 Å².